The third-order valence-electron chi connectivity index (χ3n) is 12.5. The van der Waals surface area contributed by atoms with Crippen molar-refractivity contribution in [2.75, 3.05) is 0 Å². The molecule has 0 fully saturated rings. The molecule has 0 saturated carbocycles. The summed E-state index contributed by atoms with van der Waals surface area (Å²) in [6, 6.07) is 65.6. The van der Waals surface area contributed by atoms with Crippen molar-refractivity contribution in [3.8, 4) is 44.5 Å². The number of fused-ring (bicyclic) bond motifs is 7. The zero-order valence-corrected chi connectivity index (χ0v) is 32.6. The lowest BCUT2D eigenvalue weighted by atomic mass is 9.82. The van der Waals surface area contributed by atoms with Crippen molar-refractivity contribution in [2.24, 2.45) is 0 Å². The highest BCUT2D eigenvalue weighted by Crippen LogP contribution is 2.47. The molecule has 0 bridgehead atoms. The van der Waals surface area contributed by atoms with E-state index in [-0.39, 0.29) is 5.92 Å². The van der Waals surface area contributed by atoms with Gasteiger partial charge in [0.25, 0.3) is 0 Å². The second kappa shape index (κ2) is 12.8. The maximum absolute atomic E-state index is 2.61. The maximum Gasteiger partial charge on any atom is 0.0211 e. The van der Waals surface area contributed by atoms with E-state index in [9.17, 15) is 0 Å². The zero-order valence-electron chi connectivity index (χ0n) is 31.6. The first-order valence-electron chi connectivity index (χ1n) is 19.8. The Balaban J connectivity index is 1.18. The zero-order chi connectivity index (χ0) is 37.4. The smallest absolute Gasteiger partial charge is 0.0211 e. The topological polar surface area (TPSA) is 0 Å². The van der Waals surface area contributed by atoms with Gasteiger partial charge in [0, 0.05) is 5.92 Å². The minimum absolute atomic E-state index is 0.142. The Labute approximate surface area is 329 Å². The molecule has 0 amide bonds. The molecule has 1 heteroatoms. The van der Waals surface area contributed by atoms with Crippen LogP contribution in [-0.2, 0) is 0 Å². The number of hydrogen-bond acceptors (Lipinski definition) is 0. The van der Waals surface area contributed by atoms with Crippen molar-refractivity contribution in [3.63, 3.8) is 0 Å². The molecule has 9 aromatic carbocycles. The van der Waals surface area contributed by atoms with E-state index in [0.29, 0.717) is 0 Å². The Morgan fingerprint density at radius 2 is 0.911 bits per heavy atom. The van der Waals surface area contributed by atoms with Crippen LogP contribution in [0.2, 0.25) is 13.1 Å². The summed E-state index contributed by atoms with van der Waals surface area (Å²) >= 11 is 0. The lowest BCUT2D eigenvalue weighted by Crippen LogP contribution is -2.49. The van der Waals surface area contributed by atoms with E-state index in [1.807, 2.05) is 0 Å². The highest BCUT2D eigenvalue weighted by Gasteiger charge is 2.30. The van der Waals surface area contributed by atoms with Crippen LogP contribution in [0.25, 0.3) is 89.0 Å². The molecular formula is C55H40Si-. The van der Waals surface area contributed by atoms with Gasteiger partial charge >= 0.3 is 0 Å². The second-order valence-corrected chi connectivity index (χ2v) is 20.3. The van der Waals surface area contributed by atoms with Crippen molar-refractivity contribution in [1.82, 2.24) is 0 Å². The Morgan fingerprint density at radius 1 is 0.375 bits per heavy atom. The van der Waals surface area contributed by atoms with Crippen LogP contribution in [0.4, 0.5) is 0 Å². The fourth-order valence-corrected chi connectivity index (χ4v) is 12.9. The molecule has 1 unspecified atom stereocenters. The maximum atomic E-state index is 2.61. The molecule has 0 N–H and O–H groups in total. The van der Waals surface area contributed by atoms with E-state index in [2.05, 4.69) is 213 Å². The molecule has 2 aliphatic rings. The highest BCUT2D eigenvalue weighted by molar-refractivity contribution is 7.04. The molecule has 9 aromatic rings. The van der Waals surface area contributed by atoms with Crippen LogP contribution in [0.5, 0.6) is 0 Å². The Kier molecular flexibility index (Phi) is 7.49. The Hall–Kier alpha value is -6.54. The highest BCUT2D eigenvalue weighted by atomic mass is 28.3. The van der Waals surface area contributed by atoms with Crippen LogP contribution in [0.3, 0.4) is 0 Å². The predicted molar refractivity (Wildman–Crippen MR) is 245 cm³/mol. The molecule has 1 aliphatic heterocycles. The van der Waals surface area contributed by atoms with Gasteiger partial charge in [0.2, 0.25) is 0 Å². The molecule has 0 radical (unpaired) electrons. The first-order valence-corrected chi connectivity index (χ1v) is 22.8. The molecule has 1 heterocycles. The minimum Gasteiger partial charge on any atom is -0.172 e. The summed E-state index contributed by atoms with van der Waals surface area (Å²) in [7, 11) is -2.11. The van der Waals surface area contributed by atoms with Crippen LogP contribution in [0, 0.1) is 0 Å². The molecule has 0 spiro atoms. The largest absolute Gasteiger partial charge is 0.172 e. The lowest BCUT2D eigenvalue weighted by molar-refractivity contribution is 1.12. The van der Waals surface area contributed by atoms with Crippen LogP contribution in [0.15, 0.2) is 188 Å². The number of benzene rings is 9. The quantitative estimate of drug-likeness (QED) is 0.158. The monoisotopic (exact) mass is 728 g/mol. The summed E-state index contributed by atoms with van der Waals surface area (Å²) in [6.07, 6.45) is 9.70. The van der Waals surface area contributed by atoms with Gasteiger partial charge in [-0.25, -0.2) is 0 Å². The first kappa shape index (κ1) is 32.8. The number of allylic oxidation sites excluding steroid dienone is 2. The summed E-state index contributed by atoms with van der Waals surface area (Å²) in [5, 5.41) is 10.9. The molecule has 0 saturated heterocycles. The molecular weight excluding hydrogens is 689 g/mol. The van der Waals surface area contributed by atoms with Crippen molar-refractivity contribution < 1.29 is 0 Å². The van der Waals surface area contributed by atoms with Gasteiger partial charge in [0.05, 0.1) is 0 Å². The number of rotatable bonds is 4. The van der Waals surface area contributed by atoms with Crippen LogP contribution < -0.4 is 10.4 Å². The van der Waals surface area contributed by atoms with E-state index in [1.54, 1.807) is 0 Å². The van der Waals surface area contributed by atoms with Gasteiger partial charge in [0.1, 0.15) is 0 Å². The first-order chi connectivity index (χ1) is 27.5. The van der Waals surface area contributed by atoms with Gasteiger partial charge in [0.15, 0.2) is 0 Å². The van der Waals surface area contributed by atoms with Crippen molar-refractivity contribution >= 4 is 62.9 Å². The summed E-state index contributed by atoms with van der Waals surface area (Å²) in [5.74, 6) is 0.142. The van der Waals surface area contributed by atoms with E-state index in [0.717, 1.165) is 0 Å². The average molecular weight is 729 g/mol. The van der Waals surface area contributed by atoms with Crippen molar-refractivity contribution in [3.05, 3.63) is 205 Å². The lowest BCUT2D eigenvalue weighted by Gasteiger charge is -2.33. The summed E-state index contributed by atoms with van der Waals surface area (Å²) in [4.78, 5) is 0. The molecule has 11 rings (SSSR count). The molecule has 1 atom stereocenters. The Bertz CT molecular complexity index is 3080. The number of hydrogen-bond donors (Lipinski definition) is 0. The van der Waals surface area contributed by atoms with E-state index < -0.39 is 8.07 Å². The van der Waals surface area contributed by atoms with E-state index >= 15 is 0 Å². The average Bonchev–Trinajstić information content (AvgIpc) is 3.35. The van der Waals surface area contributed by atoms with Crippen molar-refractivity contribution in [1.29, 1.82) is 0 Å². The fraction of sp³-hybridized carbons (Fsp3) is 0.0545. The fourth-order valence-electron chi connectivity index (χ4n) is 9.79. The molecule has 1 aliphatic carbocycles. The van der Waals surface area contributed by atoms with Crippen molar-refractivity contribution in [2.45, 2.75) is 19.0 Å². The van der Waals surface area contributed by atoms with E-state index in [4.69, 9.17) is 0 Å². The molecule has 265 valence electrons. The van der Waals surface area contributed by atoms with Crippen LogP contribution >= 0.6 is 0 Å². The summed E-state index contributed by atoms with van der Waals surface area (Å²) in [6.45, 7) is 5.11. The van der Waals surface area contributed by atoms with E-state index in [1.165, 1.54) is 104 Å². The predicted octanol–water partition coefficient (Wildman–Crippen LogP) is 13.8. The molecule has 56 heavy (non-hydrogen) atoms. The SMILES string of the molecule is C[Si-]1(C)c2cc(-c3cccc4ccccc34)ccc2-c2cc3c(-c4ccccc4)c4c(c(-c5ccccc5)c3cc21)C=CC(c1cccc2ccccc12)C=C4. The van der Waals surface area contributed by atoms with Crippen LogP contribution in [-0.4, -0.2) is 8.07 Å². The third-order valence-corrected chi connectivity index (χ3v) is 16.1. The van der Waals surface area contributed by atoms with Gasteiger partial charge in [-0.2, -0.15) is 23.5 Å². The summed E-state index contributed by atoms with van der Waals surface area (Å²) < 4.78 is 0. The van der Waals surface area contributed by atoms with Gasteiger partial charge in [-0.05, 0) is 88.5 Å². The summed E-state index contributed by atoms with van der Waals surface area (Å²) in [5.41, 5.74) is 14.4. The van der Waals surface area contributed by atoms with Gasteiger partial charge < -0.3 is 0 Å². The van der Waals surface area contributed by atoms with Gasteiger partial charge in [-0.1, -0.05) is 213 Å². The standard InChI is InChI=1S/C55H40Si/c1-56(2)52-33-41(45-26-14-22-37-16-10-12-24-43(37)45)29-30-46(52)49-34-50-51(35-53(49)56)55(40-19-7-4-8-20-40)48-32-28-38(44-25-13-21-36-15-9-11-23-42(36)44)27-31-47(48)54(50)39-17-5-3-6-18-39/h3-35,38H,1-2H3/q-1. The van der Waals surface area contributed by atoms with Gasteiger partial charge in [-0.3, -0.25) is 0 Å². The second-order valence-electron chi connectivity index (χ2n) is 16.0. The third kappa shape index (κ3) is 5.05. The molecule has 0 nitrogen and oxygen atoms in total. The van der Waals surface area contributed by atoms with Gasteiger partial charge in [-0.15, -0.1) is 0 Å². The normalized spacial score (nSPS) is 15.1. The minimum atomic E-state index is -2.11. The van der Waals surface area contributed by atoms with Crippen LogP contribution in [0.1, 0.15) is 22.6 Å². The Morgan fingerprint density at radius 3 is 1.59 bits per heavy atom. The molecule has 0 aromatic heterocycles.